The Morgan fingerprint density at radius 1 is 1.42 bits per heavy atom. The predicted molar refractivity (Wildman–Crippen MR) is 70.6 cm³/mol. The number of hydrogen-bond acceptors (Lipinski definition) is 6. The Hall–Kier alpha value is -2.35. The summed E-state index contributed by atoms with van der Waals surface area (Å²) >= 11 is 0. The molecular weight excluding hydrogens is 250 g/mol. The first-order chi connectivity index (χ1) is 9.13. The molecule has 1 heterocycles. The molecule has 0 aliphatic carbocycles. The molecule has 1 fully saturated rings. The second-order valence-electron chi connectivity index (χ2n) is 4.23. The van der Waals surface area contributed by atoms with Gasteiger partial charge in [-0.1, -0.05) is 6.07 Å². The summed E-state index contributed by atoms with van der Waals surface area (Å²) in [4.78, 5) is 22.2. The van der Waals surface area contributed by atoms with Gasteiger partial charge in [-0.15, -0.1) is 0 Å². The fourth-order valence-electron chi connectivity index (χ4n) is 2.07. The van der Waals surface area contributed by atoms with Crippen LogP contribution < -0.4 is 21.9 Å². The molecule has 8 heteroatoms. The minimum atomic E-state index is -0.530. The van der Waals surface area contributed by atoms with Crippen molar-refractivity contribution in [2.75, 3.05) is 17.3 Å². The van der Waals surface area contributed by atoms with Gasteiger partial charge in [-0.3, -0.25) is 20.8 Å². The van der Waals surface area contributed by atoms with E-state index in [9.17, 15) is 14.9 Å². The van der Waals surface area contributed by atoms with Crippen LogP contribution in [0.4, 0.5) is 17.1 Å². The van der Waals surface area contributed by atoms with Crippen LogP contribution in [0.1, 0.15) is 12.8 Å². The fourth-order valence-corrected chi connectivity index (χ4v) is 2.07. The van der Waals surface area contributed by atoms with E-state index in [1.165, 1.54) is 6.07 Å². The minimum Gasteiger partial charge on any atom is -0.368 e. The smallest absolute Gasteiger partial charge is 0.316 e. The molecule has 8 nitrogen and oxygen atoms in total. The molecule has 0 spiro atoms. The highest BCUT2D eigenvalue weighted by Crippen LogP contribution is 2.33. The number of carbonyl (C=O) groups excluding carboxylic acids is 1. The van der Waals surface area contributed by atoms with Crippen LogP contribution in [-0.4, -0.2) is 23.4 Å². The van der Waals surface area contributed by atoms with Gasteiger partial charge >= 0.3 is 5.69 Å². The summed E-state index contributed by atoms with van der Waals surface area (Å²) in [5, 5.41) is 16.7. The molecule has 2 rings (SSSR count). The van der Waals surface area contributed by atoms with E-state index in [0.29, 0.717) is 13.0 Å². The Labute approximate surface area is 109 Å². The van der Waals surface area contributed by atoms with E-state index >= 15 is 0 Å². The molecular formula is C11H15N5O3. The third-order valence-corrected chi connectivity index (χ3v) is 2.99. The quantitative estimate of drug-likeness (QED) is 0.358. The second-order valence-corrected chi connectivity index (χ2v) is 4.23. The summed E-state index contributed by atoms with van der Waals surface area (Å²) in [6, 6.07) is 4.23. The van der Waals surface area contributed by atoms with Crippen LogP contribution in [0.5, 0.6) is 0 Å². The molecule has 0 bridgehead atoms. The Kier molecular flexibility index (Phi) is 3.81. The maximum Gasteiger partial charge on any atom is 0.316 e. The number of benzene rings is 1. The first kappa shape index (κ1) is 13.1. The molecule has 1 amide bonds. The van der Waals surface area contributed by atoms with Crippen molar-refractivity contribution >= 4 is 23.0 Å². The number of nitrogen functional groups attached to an aromatic ring is 1. The highest BCUT2D eigenvalue weighted by Gasteiger charge is 2.26. The number of carbonyl (C=O) groups is 1. The zero-order chi connectivity index (χ0) is 13.8. The van der Waals surface area contributed by atoms with E-state index in [4.69, 9.17) is 5.84 Å². The molecule has 1 aliphatic rings. The highest BCUT2D eigenvalue weighted by molar-refractivity contribution is 5.87. The van der Waals surface area contributed by atoms with Crippen molar-refractivity contribution in [3.63, 3.8) is 0 Å². The van der Waals surface area contributed by atoms with E-state index in [1.54, 1.807) is 12.1 Å². The van der Waals surface area contributed by atoms with Crippen LogP contribution in [0.15, 0.2) is 18.2 Å². The molecule has 19 heavy (non-hydrogen) atoms. The van der Waals surface area contributed by atoms with E-state index < -0.39 is 11.0 Å². The topological polar surface area (TPSA) is 122 Å². The molecule has 1 saturated heterocycles. The van der Waals surface area contributed by atoms with Crippen molar-refractivity contribution < 1.29 is 9.72 Å². The lowest BCUT2D eigenvalue weighted by molar-refractivity contribution is -0.383. The van der Waals surface area contributed by atoms with Crippen molar-refractivity contribution in [1.82, 2.24) is 5.32 Å². The first-order valence-corrected chi connectivity index (χ1v) is 5.91. The van der Waals surface area contributed by atoms with Gasteiger partial charge in [-0.2, -0.15) is 0 Å². The van der Waals surface area contributed by atoms with Crippen molar-refractivity contribution in [2.24, 2.45) is 5.84 Å². The van der Waals surface area contributed by atoms with Crippen LogP contribution in [0, 0.1) is 10.1 Å². The Bertz CT molecular complexity index is 505. The fraction of sp³-hybridized carbons (Fsp3) is 0.364. The van der Waals surface area contributed by atoms with Gasteiger partial charge in [0.1, 0.15) is 17.4 Å². The Morgan fingerprint density at radius 3 is 2.79 bits per heavy atom. The van der Waals surface area contributed by atoms with Crippen molar-refractivity contribution in [2.45, 2.75) is 18.9 Å². The average molecular weight is 265 g/mol. The van der Waals surface area contributed by atoms with Crippen molar-refractivity contribution in [3.05, 3.63) is 28.3 Å². The molecule has 0 radical (unpaired) electrons. The number of hydrogen-bond donors (Lipinski definition) is 4. The number of piperidine rings is 1. The van der Waals surface area contributed by atoms with Crippen LogP contribution in [0.2, 0.25) is 0 Å². The number of nitro groups is 1. The minimum absolute atomic E-state index is 0.147. The number of rotatable bonds is 4. The van der Waals surface area contributed by atoms with Crippen LogP contribution in [0.3, 0.4) is 0 Å². The van der Waals surface area contributed by atoms with E-state index in [0.717, 1.165) is 6.42 Å². The second kappa shape index (κ2) is 5.53. The SMILES string of the molecule is NNc1cccc(NC2CCCNC2=O)c1[N+](=O)[O-]. The number of para-hydroxylation sites is 1. The maximum absolute atomic E-state index is 11.7. The summed E-state index contributed by atoms with van der Waals surface area (Å²) < 4.78 is 0. The average Bonchev–Trinajstić information content (AvgIpc) is 2.40. The van der Waals surface area contributed by atoms with Crippen molar-refractivity contribution in [1.29, 1.82) is 0 Å². The highest BCUT2D eigenvalue weighted by atomic mass is 16.6. The van der Waals surface area contributed by atoms with E-state index in [1.807, 2.05) is 0 Å². The van der Waals surface area contributed by atoms with Crippen LogP contribution in [0.25, 0.3) is 0 Å². The van der Waals surface area contributed by atoms with E-state index in [-0.39, 0.29) is 23.0 Å². The largest absolute Gasteiger partial charge is 0.368 e. The maximum atomic E-state index is 11.7. The van der Waals surface area contributed by atoms with Gasteiger partial charge in [-0.25, -0.2) is 0 Å². The van der Waals surface area contributed by atoms with Gasteiger partial charge < -0.3 is 16.1 Å². The lowest BCUT2D eigenvalue weighted by Crippen LogP contribution is -2.44. The van der Waals surface area contributed by atoms with E-state index in [2.05, 4.69) is 16.1 Å². The third-order valence-electron chi connectivity index (χ3n) is 2.99. The summed E-state index contributed by atoms with van der Waals surface area (Å²) in [5.41, 5.74) is 2.60. The monoisotopic (exact) mass is 265 g/mol. The van der Waals surface area contributed by atoms with Gasteiger partial charge in [0.05, 0.1) is 4.92 Å². The molecule has 0 saturated carbocycles. The molecule has 1 unspecified atom stereocenters. The first-order valence-electron chi connectivity index (χ1n) is 5.91. The third kappa shape index (κ3) is 2.74. The van der Waals surface area contributed by atoms with Gasteiger partial charge in [-0.05, 0) is 25.0 Å². The molecule has 1 atom stereocenters. The number of anilines is 2. The number of nitrogens with one attached hydrogen (secondary N) is 3. The lowest BCUT2D eigenvalue weighted by atomic mass is 10.1. The summed E-state index contributed by atoms with van der Waals surface area (Å²) in [6.07, 6.45) is 1.48. The number of nitrogens with zero attached hydrogens (tertiary/aromatic N) is 1. The summed E-state index contributed by atoms with van der Waals surface area (Å²) in [7, 11) is 0. The van der Waals surface area contributed by atoms with Gasteiger partial charge in [0.15, 0.2) is 0 Å². The standard InChI is InChI=1S/C11H15N5O3/c12-15-8-4-1-3-7(10(8)16(18)19)14-9-5-2-6-13-11(9)17/h1,3-4,9,14-15H,2,5-6,12H2,(H,13,17). The molecule has 0 aromatic heterocycles. The van der Waals surface area contributed by atoms with Gasteiger partial charge in [0.2, 0.25) is 5.91 Å². The molecule has 1 aliphatic heterocycles. The molecule has 1 aromatic carbocycles. The molecule has 5 N–H and O–H groups in total. The predicted octanol–water partition coefficient (Wildman–Crippen LogP) is 0.571. The molecule has 102 valence electrons. The van der Waals surface area contributed by atoms with Crippen LogP contribution in [-0.2, 0) is 4.79 Å². The zero-order valence-electron chi connectivity index (χ0n) is 10.2. The number of nitrogens with two attached hydrogens (primary N) is 1. The lowest BCUT2D eigenvalue weighted by Gasteiger charge is -2.23. The number of hydrazine groups is 1. The summed E-state index contributed by atoms with van der Waals surface area (Å²) in [6.45, 7) is 0.642. The number of amides is 1. The van der Waals surface area contributed by atoms with Crippen molar-refractivity contribution in [3.8, 4) is 0 Å². The summed E-state index contributed by atoms with van der Waals surface area (Å²) in [5.74, 6) is 5.11. The Balaban J connectivity index is 2.28. The van der Waals surface area contributed by atoms with Gasteiger partial charge in [0.25, 0.3) is 0 Å². The van der Waals surface area contributed by atoms with Crippen LogP contribution >= 0.6 is 0 Å². The normalized spacial score (nSPS) is 18.6. The number of nitro benzene ring substituents is 1. The van der Waals surface area contributed by atoms with Gasteiger partial charge in [0, 0.05) is 6.54 Å². The molecule has 1 aromatic rings. The Morgan fingerprint density at radius 2 is 2.16 bits per heavy atom. The zero-order valence-corrected chi connectivity index (χ0v) is 10.2.